The number of nitrogens with one attached hydrogen (secondary N) is 1. The first-order valence-corrected chi connectivity index (χ1v) is 9.18. The van der Waals surface area contributed by atoms with E-state index in [-0.39, 0.29) is 5.91 Å². The van der Waals surface area contributed by atoms with Crippen LogP contribution in [0.15, 0.2) is 18.2 Å². The number of aromatic nitrogens is 2. The van der Waals surface area contributed by atoms with E-state index < -0.39 is 0 Å². The topological polar surface area (TPSA) is 59.4 Å². The lowest BCUT2D eigenvalue weighted by Gasteiger charge is -2.29. The predicted molar refractivity (Wildman–Crippen MR) is 104 cm³/mol. The van der Waals surface area contributed by atoms with Gasteiger partial charge in [-0.2, -0.15) is 5.10 Å². The maximum Gasteiger partial charge on any atom is 0.224 e. The SMILES string of the molecule is Cc1cc(N2CCOCC2)ccc1NC(=O)CCc1c(C)nn(C)c1C. The molecule has 1 N–H and O–H groups in total. The number of amides is 1. The number of hydrogen-bond donors (Lipinski definition) is 1. The molecule has 1 aliphatic rings. The lowest BCUT2D eigenvalue weighted by Crippen LogP contribution is -2.36. The van der Waals surface area contributed by atoms with Crippen LogP contribution in [0.1, 0.15) is 28.9 Å². The van der Waals surface area contributed by atoms with Crippen LogP contribution in [0.5, 0.6) is 0 Å². The molecule has 1 fully saturated rings. The molecule has 1 aliphatic heterocycles. The number of benzene rings is 1. The van der Waals surface area contributed by atoms with E-state index in [1.165, 1.54) is 11.3 Å². The van der Waals surface area contributed by atoms with E-state index >= 15 is 0 Å². The van der Waals surface area contributed by atoms with Gasteiger partial charge in [-0.25, -0.2) is 0 Å². The summed E-state index contributed by atoms with van der Waals surface area (Å²) in [5.41, 5.74) is 6.44. The van der Waals surface area contributed by atoms with Crippen LogP contribution in [0.3, 0.4) is 0 Å². The minimum absolute atomic E-state index is 0.0369. The highest BCUT2D eigenvalue weighted by atomic mass is 16.5. The molecule has 1 amide bonds. The Kier molecular flexibility index (Phi) is 5.61. The highest BCUT2D eigenvalue weighted by Crippen LogP contribution is 2.24. The minimum atomic E-state index is 0.0369. The van der Waals surface area contributed by atoms with Crippen molar-refractivity contribution in [2.45, 2.75) is 33.6 Å². The van der Waals surface area contributed by atoms with E-state index in [4.69, 9.17) is 4.74 Å². The van der Waals surface area contributed by atoms with Gasteiger partial charge in [-0.15, -0.1) is 0 Å². The van der Waals surface area contributed by atoms with Crippen molar-refractivity contribution in [2.75, 3.05) is 36.5 Å². The van der Waals surface area contributed by atoms with Gasteiger partial charge in [-0.3, -0.25) is 9.48 Å². The molecule has 26 heavy (non-hydrogen) atoms. The standard InChI is InChI=1S/C20H28N4O2/c1-14-13-17(24-9-11-26-12-10-24)5-7-19(14)21-20(25)8-6-18-15(2)22-23(4)16(18)3/h5,7,13H,6,8-12H2,1-4H3,(H,21,25). The van der Waals surface area contributed by atoms with Crippen molar-refractivity contribution in [1.29, 1.82) is 0 Å². The molecule has 0 unspecified atom stereocenters. The van der Waals surface area contributed by atoms with E-state index in [1.807, 2.05) is 38.6 Å². The molecule has 2 aromatic rings. The van der Waals surface area contributed by atoms with E-state index in [2.05, 4.69) is 27.4 Å². The highest BCUT2D eigenvalue weighted by molar-refractivity contribution is 5.92. The third-order valence-electron chi connectivity index (χ3n) is 5.12. The Morgan fingerprint density at radius 1 is 1.23 bits per heavy atom. The summed E-state index contributed by atoms with van der Waals surface area (Å²) in [4.78, 5) is 14.7. The van der Waals surface area contributed by atoms with Gasteiger partial charge >= 0.3 is 0 Å². The summed E-state index contributed by atoms with van der Waals surface area (Å²) in [6, 6.07) is 6.21. The first-order valence-electron chi connectivity index (χ1n) is 9.18. The normalized spacial score (nSPS) is 14.5. The third-order valence-corrected chi connectivity index (χ3v) is 5.12. The number of rotatable bonds is 5. The van der Waals surface area contributed by atoms with E-state index in [1.54, 1.807) is 0 Å². The number of hydrogen-bond acceptors (Lipinski definition) is 4. The molecule has 3 rings (SSSR count). The van der Waals surface area contributed by atoms with Gasteiger partial charge in [0.2, 0.25) is 5.91 Å². The van der Waals surface area contributed by atoms with Crippen molar-refractivity contribution < 1.29 is 9.53 Å². The van der Waals surface area contributed by atoms with Crippen molar-refractivity contribution in [2.24, 2.45) is 7.05 Å². The smallest absolute Gasteiger partial charge is 0.224 e. The second kappa shape index (κ2) is 7.91. The van der Waals surface area contributed by atoms with Gasteiger partial charge in [-0.05, 0) is 56.5 Å². The Hall–Kier alpha value is -2.34. The van der Waals surface area contributed by atoms with Crippen molar-refractivity contribution in [3.63, 3.8) is 0 Å². The number of carbonyl (C=O) groups is 1. The fourth-order valence-electron chi connectivity index (χ4n) is 3.44. The zero-order valence-electron chi connectivity index (χ0n) is 16.1. The molecule has 1 aromatic heterocycles. The molecule has 0 aliphatic carbocycles. The highest BCUT2D eigenvalue weighted by Gasteiger charge is 2.14. The molecule has 0 bridgehead atoms. The van der Waals surface area contributed by atoms with Gasteiger partial charge < -0.3 is 15.0 Å². The predicted octanol–water partition coefficient (Wildman–Crippen LogP) is 2.75. The zero-order chi connectivity index (χ0) is 18.7. The number of ether oxygens (including phenoxy) is 1. The van der Waals surface area contributed by atoms with Gasteiger partial charge in [0.25, 0.3) is 0 Å². The third kappa shape index (κ3) is 4.07. The molecule has 0 saturated carbocycles. The first-order chi connectivity index (χ1) is 12.5. The average Bonchev–Trinajstić information content (AvgIpc) is 2.87. The molecule has 0 radical (unpaired) electrons. The minimum Gasteiger partial charge on any atom is -0.378 e. The van der Waals surface area contributed by atoms with Crippen LogP contribution in [-0.4, -0.2) is 42.0 Å². The van der Waals surface area contributed by atoms with Crippen LogP contribution in [0.2, 0.25) is 0 Å². The average molecular weight is 356 g/mol. The molecular weight excluding hydrogens is 328 g/mol. The molecule has 6 nitrogen and oxygen atoms in total. The summed E-state index contributed by atoms with van der Waals surface area (Å²) in [5.74, 6) is 0.0369. The number of anilines is 2. The van der Waals surface area contributed by atoms with Crippen LogP contribution in [0.4, 0.5) is 11.4 Å². The zero-order valence-corrected chi connectivity index (χ0v) is 16.1. The molecule has 2 heterocycles. The van der Waals surface area contributed by atoms with Gasteiger partial charge in [0.1, 0.15) is 0 Å². The summed E-state index contributed by atoms with van der Waals surface area (Å²) in [7, 11) is 1.94. The van der Waals surface area contributed by atoms with Crippen molar-refractivity contribution >= 4 is 17.3 Å². The van der Waals surface area contributed by atoms with Crippen molar-refractivity contribution in [3.05, 3.63) is 40.7 Å². The Labute approximate surface area is 155 Å². The first kappa shape index (κ1) is 18.5. The van der Waals surface area contributed by atoms with Crippen LogP contribution in [0.25, 0.3) is 0 Å². The maximum absolute atomic E-state index is 12.4. The number of nitrogens with zero attached hydrogens (tertiary/aromatic N) is 3. The monoisotopic (exact) mass is 356 g/mol. The van der Waals surface area contributed by atoms with Crippen LogP contribution in [-0.2, 0) is 23.0 Å². The lowest BCUT2D eigenvalue weighted by atomic mass is 10.1. The fourth-order valence-corrected chi connectivity index (χ4v) is 3.44. The molecule has 1 saturated heterocycles. The van der Waals surface area contributed by atoms with Gasteiger partial charge in [0, 0.05) is 43.6 Å². The van der Waals surface area contributed by atoms with Crippen molar-refractivity contribution in [1.82, 2.24) is 9.78 Å². The second-order valence-electron chi connectivity index (χ2n) is 6.92. The summed E-state index contributed by atoms with van der Waals surface area (Å²) >= 11 is 0. The maximum atomic E-state index is 12.4. The molecule has 1 aromatic carbocycles. The lowest BCUT2D eigenvalue weighted by molar-refractivity contribution is -0.116. The van der Waals surface area contributed by atoms with Crippen LogP contribution >= 0.6 is 0 Å². The van der Waals surface area contributed by atoms with E-state index in [0.717, 1.165) is 48.9 Å². The van der Waals surface area contributed by atoms with E-state index in [0.29, 0.717) is 12.8 Å². The van der Waals surface area contributed by atoms with Gasteiger partial charge in [0.15, 0.2) is 0 Å². The largest absolute Gasteiger partial charge is 0.378 e. The molecule has 0 spiro atoms. The number of aryl methyl sites for hydroxylation is 3. The number of morpholine rings is 1. The van der Waals surface area contributed by atoms with Gasteiger partial charge in [0.05, 0.1) is 18.9 Å². The van der Waals surface area contributed by atoms with E-state index in [9.17, 15) is 4.79 Å². The quantitative estimate of drug-likeness (QED) is 0.895. The molecule has 6 heteroatoms. The number of carbonyl (C=O) groups excluding carboxylic acids is 1. The summed E-state index contributed by atoms with van der Waals surface area (Å²) in [5, 5.41) is 7.46. The van der Waals surface area contributed by atoms with Crippen molar-refractivity contribution in [3.8, 4) is 0 Å². The van der Waals surface area contributed by atoms with Crippen LogP contribution < -0.4 is 10.2 Å². The molecule has 140 valence electrons. The molecule has 0 atom stereocenters. The Bertz CT molecular complexity index is 791. The Morgan fingerprint density at radius 3 is 2.58 bits per heavy atom. The van der Waals surface area contributed by atoms with Crippen LogP contribution in [0, 0.1) is 20.8 Å². The summed E-state index contributed by atoms with van der Waals surface area (Å²) in [6.07, 6.45) is 1.17. The fraction of sp³-hybridized carbons (Fsp3) is 0.500. The summed E-state index contributed by atoms with van der Waals surface area (Å²) < 4.78 is 7.28. The molecular formula is C20H28N4O2. The van der Waals surface area contributed by atoms with Gasteiger partial charge in [-0.1, -0.05) is 0 Å². The Morgan fingerprint density at radius 2 is 1.96 bits per heavy atom. The summed E-state index contributed by atoms with van der Waals surface area (Å²) in [6.45, 7) is 9.44. The Balaban J connectivity index is 1.60. The second-order valence-corrected chi connectivity index (χ2v) is 6.92.